The Labute approximate surface area is 208 Å². The Hall–Kier alpha value is -3.54. The summed E-state index contributed by atoms with van der Waals surface area (Å²) in [7, 11) is 0. The molecule has 0 aliphatic heterocycles. The predicted molar refractivity (Wildman–Crippen MR) is 141 cm³/mol. The van der Waals surface area contributed by atoms with E-state index in [1.165, 1.54) is 6.08 Å². The fourth-order valence-corrected chi connectivity index (χ4v) is 4.46. The highest BCUT2D eigenvalue weighted by Gasteiger charge is 2.27. The molecule has 2 aromatic rings. The molecule has 0 saturated heterocycles. The molecule has 0 heterocycles. The standard InChI is InChI=1S/C29H36N2O4/c1-4-5-20-6-11-22(12-7-20)28(33)35-24-14-8-21(9-15-24)10-17-27(32)34-19-29(2,3)25-16-13-23(30)18-26(25)31/h4,8-10,13-18,20,22H,1,5-7,11-12,19,30-31H2,2-3H3/b17-10+. The second-order valence-electron chi connectivity index (χ2n) is 9.90. The number of anilines is 2. The van der Waals surface area contributed by atoms with Gasteiger partial charge in [0.25, 0.3) is 0 Å². The third-order valence-corrected chi connectivity index (χ3v) is 6.57. The summed E-state index contributed by atoms with van der Waals surface area (Å²) in [4.78, 5) is 24.7. The highest BCUT2D eigenvalue weighted by molar-refractivity contribution is 5.87. The van der Waals surface area contributed by atoms with Gasteiger partial charge < -0.3 is 20.9 Å². The molecule has 1 saturated carbocycles. The van der Waals surface area contributed by atoms with Gasteiger partial charge in [-0.2, -0.15) is 0 Å². The molecule has 6 heteroatoms. The molecule has 2 aromatic carbocycles. The van der Waals surface area contributed by atoms with Gasteiger partial charge in [-0.25, -0.2) is 4.79 Å². The molecule has 0 spiro atoms. The first-order valence-electron chi connectivity index (χ1n) is 12.1. The molecule has 3 rings (SSSR count). The quantitative estimate of drug-likeness (QED) is 0.159. The van der Waals surface area contributed by atoms with Crippen LogP contribution in [0.4, 0.5) is 11.4 Å². The van der Waals surface area contributed by atoms with E-state index >= 15 is 0 Å². The van der Waals surface area contributed by atoms with Crippen molar-refractivity contribution in [3.63, 3.8) is 0 Å². The van der Waals surface area contributed by atoms with Crippen LogP contribution in [0.15, 0.2) is 61.2 Å². The Morgan fingerprint density at radius 2 is 1.74 bits per heavy atom. The minimum atomic E-state index is -0.461. The molecular formula is C29H36N2O4. The van der Waals surface area contributed by atoms with Crippen molar-refractivity contribution >= 4 is 29.4 Å². The number of nitrogens with two attached hydrogens (primary N) is 2. The van der Waals surface area contributed by atoms with E-state index in [0.717, 1.165) is 43.2 Å². The number of allylic oxidation sites excluding steroid dienone is 1. The smallest absolute Gasteiger partial charge is 0.330 e. The van der Waals surface area contributed by atoms with Crippen molar-refractivity contribution in [2.75, 3.05) is 18.1 Å². The third-order valence-electron chi connectivity index (χ3n) is 6.57. The minimum Gasteiger partial charge on any atom is -0.462 e. The van der Waals surface area contributed by atoms with Crippen LogP contribution in [0.5, 0.6) is 5.75 Å². The first-order valence-corrected chi connectivity index (χ1v) is 12.1. The Bertz CT molecular complexity index is 1060. The maximum atomic E-state index is 12.5. The number of hydrogen-bond acceptors (Lipinski definition) is 6. The first-order chi connectivity index (χ1) is 16.7. The molecule has 35 heavy (non-hydrogen) atoms. The Morgan fingerprint density at radius 1 is 1.06 bits per heavy atom. The van der Waals surface area contributed by atoms with Crippen LogP contribution in [0.1, 0.15) is 57.1 Å². The number of carbonyl (C=O) groups is 2. The van der Waals surface area contributed by atoms with E-state index in [0.29, 0.717) is 23.0 Å². The molecule has 0 atom stereocenters. The number of nitrogen functional groups attached to an aromatic ring is 2. The second-order valence-corrected chi connectivity index (χ2v) is 9.90. The Balaban J connectivity index is 1.47. The number of carbonyl (C=O) groups excluding carboxylic acids is 2. The van der Waals surface area contributed by atoms with Crippen molar-refractivity contribution in [2.45, 2.75) is 51.4 Å². The molecule has 0 bridgehead atoms. The Morgan fingerprint density at radius 3 is 2.37 bits per heavy atom. The third kappa shape index (κ3) is 7.47. The average molecular weight is 477 g/mol. The van der Waals surface area contributed by atoms with Crippen LogP contribution in [-0.2, 0) is 19.7 Å². The van der Waals surface area contributed by atoms with Crippen LogP contribution in [0.3, 0.4) is 0 Å². The molecule has 6 nitrogen and oxygen atoms in total. The van der Waals surface area contributed by atoms with Gasteiger partial charge in [0.15, 0.2) is 0 Å². The van der Waals surface area contributed by atoms with Crippen molar-refractivity contribution < 1.29 is 19.1 Å². The van der Waals surface area contributed by atoms with Crippen molar-refractivity contribution in [3.05, 3.63) is 72.3 Å². The summed E-state index contributed by atoms with van der Waals surface area (Å²) >= 11 is 0. The number of benzene rings is 2. The lowest BCUT2D eigenvalue weighted by Crippen LogP contribution is -2.27. The van der Waals surface area contributed by atoms with E-state index in [4.69, 9.17) is 20.9 Å². The van der Waals surface area contributed by atoms with Gasteiger partial charge in [0, 0.05) is 22.9 Å². The van der Waals surface area contributed by atoms with E-state index in [1.807, 2.05) is 26.0 Å². The zero-order chi connectivity index (χ0) is 25.4. The number of ether oxygens (including phenoxy) is 2. The predicted octanol–water partition coefficient (Wildman–Crippen LogP) is 5.67. The minimum absolute atomic E-state index is 0.0433. The van der Waals surface area contributed by atoms with Crippen molar-refractivity contribution in [3.8, 4) is 5.75 Å². The molecule has 0 radical (unpaired) electrons. The fraction of sp³-hybridized carbons (Fsp3) is 0.379. The monoisotopic (exact) mass is 476 g/mol. The van der Waals surface area contributed by atoms with E-state index in [-0.39, 0.29) is 18.5 Å². The molecule has 1 aliphatic rings. The van der Waals surface area contributed by atoms with E-state index in [1.54, 1.807) is 42.5 Å². The average Bonchev–Trinajstić information content (AvgIpc) is 2.83. The number of rotatable bonds is 9. The SMILES string of the molecule is C=CCC1CCC(C(=O)Oc2ccc(/C=C/C(=O)OCC(C)(C)c3ccc(N)cc3N)cc2)CC1. The second kappa shape index (κ2) is 11.7. The van der Waals surface area contributed by atoms with Gasteiger partial charge in [0.05, 0.1) is 5.92 Å². The topological polar surface area (TPSA) is 105 Å². The van der Waals surface area contributed by atoms with Gasteiger partial charge in [-0.1, -0.05) is 38.1 Å². The maximum Gasteiger partial charge on any atom is 0.330 e. The van der Waals surface area contributed by atoms with E-state index in [2.05, 4.69) is 6.58 Å². The first kappa shape index (κ1) is 26.1. The molecule has 0 aromatic heterocycles. The Kier molecular flexibility index (Phi) is 8.74. The van der Waals surface area contributed by atoms with Gasteiger partial charge in [0.2, 0.25) is 0 Å². The van der Waals surface area contributed by atoms with Crippen LogP contribution >= 0.6 is 0 Å². The lowest BCUT2D eigenvalue weighted by atomic mass is 9.80. The van der Waals surface area contributed by atoms with E-state index < -0.39 is 11.4 Å². The highest BCUT2D eigenvalue weighted by atomic mass is 16.5. The van der Waals surface area contributed by atoms with Crippen LogP contribution in [0.2, 0.25) is 0 Å². The summed E-state index contributed by atoms with van der Waals surface area (Å²) in [6, 6.07) is 12.4. The van der Waals surface area contributed by atoms with Crippen LogP contribution in [-0.4, -0.2) is 18.5 Å². The zero-order valence-electron chi connectivity index (χ0n) is 20.7. The summed E-state index contributed by atoms with van der Waals surface area (Å²) < 4.78 is 11.0. The van der Waals surface area contributed by atoms with Gasteiger partial charge in [-0.3, -0.25) is 4.79 Å². The summed E-state index contributed by atoms with van der Waals surface area (Å²) in [5, 5.41) is 0. The van der Waals surface area contributed by atoms with Crippen molar-refractivity contribution in [1.82, 2.24) is 0 Å². The molecule has 1 fully saturated rings. The molecule has 186 valence electrons. The zero-order valence-corrected chi connectivity index (χ0v) is 20.7. The molecule has 0 unspecified atom stereocenters. The number of hydrogen-bond donors (Lipinski definition) is 2. The van der Waals surface area contributed by atoms with Gasteiger partial charge in [-0.05, 0) is 79.5 Å². The molecule has 0 amide bonds. The van der Waals surface area contributed by atoms with Crippen molar-refractivity contribution in [2.24, 2.45) is 11.8 Å². The molecule has 4 N–H and O–H groups in total. The number of esters is 2. The summed E-state index contributed by atoms with van der Waals surface area (Å²) in [6.45, 7) is 7.89. The van der Waals surface area contributed by atoms with Crippen LogP contribution in [0, 0.1) is 11.8 Å². The highest BCUT2D eigenvalue weighted by Crippen LogP contribution is 2.32. The van der Waals surface area contributed by atoms with E-state index in [9.17, 15) is 9.59 Å². The van der Waals surface area contributed by atoms with Gasteiger partial charge >= 0.3 is 11.9 Å². The lowest BCUT2D eigenvalue weighted by Gasteiger charge is -2.26. The largest absolute Gasteiger partial charge is 0.462 e. The summed E-state index contributed by atoms with van der Waals surface area (Å²) in [5.41, 5.74) is 14.2. The van der Waals surface area contributed by atoms with Gasteiger partial charge in [0.1, 0.15) is 12.4 Å². The fourth-order valence-electron chi connectivity index (χ4n) is 4.46. The normalized spacial score (nSPS) is 18.2. The maximum absolute atomic E-state index is 12.5. The van der Waals surface area contributed by atoms with Gasteiger partial charge in [-0.15, -0.1) is 6.58 Å². The summed E-state index contributed by atoms with van der Waals surface area (Å²) in [6.07, 6.45) is 9.82. The molecule has 1 aliphatic carbocycles. The molecular weight excluding hydrogens is 440 g/mol. The van der Waals surface area contributed by atoms with Crippen LogP contribution in [0.25, 0.3) is 6.08 Å². The van der Waals surface area contributed by atoms with Crippen LogP contribution < -0.4 is 16.2 Å². The summed E-state index contributed by atoms with van der Waals surface area (Å²) in [5.74, 6) is 0.480. The van der Waals surface area contributed by atoms with Crippen molar-refractivity contribution in [1.29, 1.82) is 0 Å². The lowest BCUT2D eigenvalue weighted by molar-refractivity contribution is -0.140.